The second-order valence-electron chi connectivity index (χ2n) is 10.7. The Bertz CT molecular complexity index is 1130. The Kier molecular flexibility index (Phi) is 7.37. The van der Waals surface area contributed by atoms with Gasteiger partial charge in [0.2, 0.25) is 0 Å². The average Bonchev–Trinajstić information content (AvgIpc) is 3.32. The molecule has 6 heteroatoms. The van der Waals surface area contributed by atoms with Crippen LogP contribution >= 0.6 is 7.44 Å². The maximum absolute atomic E-state index is 15.9. The summed E-state index contributed by atoms with van der Waals surface area (Å²) in [5, 5.41) is 0. The molecule has 2 heterocycles. The number of nitrogens with zero attached hydrogens (tertiary/aromatic N) is 4. The maximum atomic E-state index is 15.9. The van der Waals surface area contributed by atoms with Gasteiger partial charge in [0.15, 0.2) is 0 Å². The van der Waals surface area contributed by atoms with E-state index in [1.165, 1.54) is 32.1 Å². The van der Waals surface area contributed by atoms with Crippen molar-refractivity contribution in [3.8, 4) is 0 Å². The molecule has 37 heavy (non-hydrogen) atoms. The van der Waals surface area contributed by atoms with Gasteiger partial charge < -0.3 is 9.34 Å². The minimum atomic E-state index is -3.11. The van der Waals surface area contributed by atoms with Crippen molar-refractivity contribution in [2.24, 2.45) is 0 Å². The predicted octanol–water partition coefficient (Wildman–Crippen LogP) is 6.86. The van der Waals surface area contributed by atoms with Crippen LogP contribution in [0.1, 0.15) is 43.5 Å². The van der Waals surface area contributed by atoms with Crippen LogP contribution in [0, 0.1) is 0 Å². The molecular weight excluding hydrogens is 475 g/mol. The smallest absolute Gasteiger partial charge is 0.284 e. The number of hydrogen-bond acceptors (Lipinski definition) is 3. The van der Waals surface area contributed by atoms with Crippen LogP contribution in [0.2, 0.25) is 0 Å². The van der Waals surface area contributed by atoms with Gasteiger partial charge in [0, 0.05) is 56.7 Å². The van der Waals surface area contributed by atoms with Crippen molar-refractivity contribution < 1.29 is 4.57 Å². The molecule has 1 aliphatic carbocycles. The van der Waals surface area contributed by atoms with E-state index in [-0.39, 0.29) is 5.78 Å². The molecule has 3 aliphatic rings. The summed E-state index contributed by atoms with van der Waals surface area (Å²) >= 11 is 0. The van der Waals surface area contributed by atoms with Crippen molar-refractivity contribution >= 4 is 18.8 Å². The molecule has 0 amide bonds. The summed E-state index contributed by atoms with van der Waals surface area (Å²) in [6.45, 7) is 5.52. The zero-order valence-corrected chi connectivity index (χ0v) is 22.6. The highest BCUT2D eigenvalue weighted by Crippen LogP contribution is 2.69. The molecule has 3 fully saturated rings. The molecular formula is C31H39N4OP. The van der Waals surface area contributed by atoms with E-state index in [2.05, 4.69) is 98.0 Å². The molecule has 0 N–H and O–H groups in total. The van der Waals surface area contributed by atoms with E-state index in [1.807, 2.05) is 12.1 Å². The number of para-hydroxylation sites is 2. The summed E-state index contributed by atoms with van der Waals surface area (Å²) in [5.41, 5.74) is 3.25. The van der Waals surface area contributed by atoms with Crippen LogP contribution in [-0.2, 0) is 4.57 Å². The molecule has 0 spiro atoms. The number of anilines is 2. The fourth-order valence-corrected chi connectivity index (χ4v) is 10.4. The number of piperazine rings is 1. The second kappa shape index (κ2) is 11.0. The van der Waals surface area contributed by atoms with E-state index in [0.717, 1.165) is 62.2 Å². The molecule has 1 saturated carbocycles. The van der Waals surface area contributed by atoms with Crippen LogP contribution in [0.15, 0.2) is 91.0 Å². The van der Waals surface area contributed by atoms with Crippen molar-refractivity contribution in [1.29, 1.82) is 0 Å². The Morgan fingerprint density at radius 2 is 1.08 bits per heavy atom. The number of hydrogen-bond donors (Lipinski definition) is 0. The largest absolute Gasteiger partial charge is 0.304 e. The van der Waals surface area contributed by atoms with Gasteiger partial charge in [-0.25, -0.2) is 0 Å². The molecule has 194 valence electrons. The van der Waals surface area contributed by atoms with E-state index >= 15 is 4.57 Å². The highest BCUT2D eigenvalue weighted by atomic mass is 31.2. The van der Waals surface area contributed by atoms with E-state index in [9.17, 15) is 0 Å². The summed E-state index contributed by atoms with van der Waals surface area (Å²) in [6, 6.07) is 32.1. The summed E-state index contributed by atoms with van der Waals surface area (Å²) in [5.74, 6) is -0.190. The predicted molar refractivity (Wildman–Crippen MR) is 154 cm³/mol. The molecule has 0 aromatic heterocycles. The van der Waals surface area contributed by atoms with Gasteiger partial charge in [0.25, 0.3) is 7.44 Å². The van der Waals surface area contributed by atoms with Crippen LogP contribution in [0.5, 0.6) is 0 Å². The van der Waals surface area contributed by atoms with Gasteiger partial charge in [-0.1, -0.05) is 86.0 Å². The van der Waals surface area contributed by atoms with Gasteiger partial charge in [-0.15, -0.1) is 0 Å². The molecule has 2 aliphatic heterocycles. The zero-order chi connectivity index (χ0) is 25.1. The maximum Gasteiger partial charge on any atom is 0.284 e. The minimum absolute atomic E-state index is 0.190. The van der Waals surface area contributed by atoms with Gasteiger partial charge in [0.1, 0.15) is 5.78 Å². The summed E-state index contributed by atoms with van der Waals surface area (Å²) in [4.78, 5) is 5.25. The Labute approximate surface area is 222 Å². The van der Waals surface area contributed by atoms with Crippen molar-refractivity contribution in [2.45, 2.75) is 43.9 Å². The first kappa shape index (κ1) is 24.7. The average molecular weight is 515 g/mol. The molecule has 1 atom stereocenters. The zero-order valence-electron chi connectivity index (χ0n) is 21.7. The topological polar surface area (TPSA) is 30.0 Å². The van der Waals surface area contributed by atoms with Crippen LogP contribution in [0.4, 0.5) is 11.4 Å². The summed E-state index contributed by atoms with van der Waals surface area (Å²) in [7, 11) is -3.11. The quantitative estimate of drug-likeness (QED) is 0.336. The van der Waals surface area contributed by atoms with Crippen LogP contribution in [0.25, 0.3) is 0 Å². The highest BCUT2D eigenvalue weighted by Gasteiger charge is 2.52. The summed E-state index contributed by atoms with van der Waals surface area (Å²) in [6.07, 6.45) is 6.80. The first-order valence-electron chi connectivity index (χ1n) is 14.0. The van der Waals surface area contributed by atoms with Gasteiger partial charge >= 0.3 is 0 Å². The van der Waals surface area contributed by atoms with Crippen LogP contribution in [0.3, 0.4) is 0 Å². The third-order valence-corrected chi connectivity index (χ3v) is 12.0. The Morgan fingerprint density at radius 3 is 1.59 bits per heavy atom. The lowest BCUT2D eigenvalue weighted by Crippen LogP contribution is -2.52. The lowest BCUT2D eigenvalue weighted by Gasteiger charge is -2.47. The molecule has 0 unspecified atom stereocenters. The molecule has 0 bridgehead atoms. The highest BCUT2D eigenvalue weighted by molar-refractivity contribution is 7.67. The molecule has 6 rings (SSSR count). The molecule has 0 radical (unpaired) electrons. The minimum Gasteiger partial charge on any atom is -0.304 e. The van der Waals surface area contributed by atoms with E-state index in [4.69, 9.17) is 0 Å². The van der Waals surface area contributed by atoms with Crippen molar-refractivity contribution in [2.75, 3.05) is 48.6 Å². The van der Waals surface area contributed by atoms with Crippen molar-refractivity contribution in [3.63, 3.8) is 0 Å². The standard InChI is InChI=1S/C31H39N4OP/c36-37(34(29-17-9-3-10-18-29)25-26-35(37)30-19-11-4-12-20-30)31(27-13-5-1-6-14-27)33-23-21-32(22-24-33)28-15-7-2-8-16-28/h1,3-6,9-14,17-20,28,31H,2,7-8,15-16,21-26H2/t31-/m0/s1. The Morgan fingerprint density at radius 1 is 0.595 bits per heavy atom. The SMILES string of the molecule is O=P1([C@@H](c2ccccc2)N2CCN(C3CCCCC3)CC2)N(c2ccccc2)CCN1c1ccccc1. The normalized spacial score (nSPS) is 22.3. The first-order valence-corrected chi connectivity index (χ1v) is 15.7. The molecule has 2 saturated heterocycles. The van der Waals surface area contributed by atoms with Crippen LogP contribution < -0.4 is 9.34 Å². The molecule has 3 aromatic rings. The fraction of sp³-hybridized carbons (Fsp3) is 0.419. The lowest BCUT2D eigenvalue weighted by atomic mass is 9.94. The number of benzene rings is 3. The van der Waals surface area contributed by atoms with Crippen molar-refractivity contribution in [1.82, 2.24) is 9.80 Å². The summed E-state index contributed by atoms with van der Waals surface area (Å²) < 4.78 is 20.3. The van der Waals surface area contributed by atoms with E-state index < -0.39 is 7.44 Å². The van der Waals surface area contributed by atoms with Crippen LogP contribution in [-0.4, -0.2) is 55.1 Å². The number of rotatable bonds is 6. The Hall–Kier alpha value is -2.59. The fourth-order valence-electron chi connectivity index (χ4n) is 6.70. The first-order chi connectivity index (χ1) is 18.2. The third kappa shape index (κ3) is 4.85. The lowest BCUT2D eigenvalue weighted by molar-refractivity contribution is 0.0714. The van der Waals surface area contributed by atoms with Gasteiger partial charge in [0.05, 0.1) is 0 Å². The van der Waals surface area contributed by atoms with E-state index in [1.54, 1.807) is 0 Å². The third-order valence-electron chi connectivity index (χ3n) is 8.53. The monoisotopic (exact) mass is 514 g/mol. The second-order valence-corrected chi connectivity index (χ2v) is 13.3. The Balaban J connectivity index is 1.39. The van der Waals surface area contributed by atoms with Gasteiger partial charge in [-0.2, -0.15) is 0 Å². The van der Waals surface area contributed by atoms with Gasteiger partial charge in [-0.3, -0.25) is 14.4 Å². The van der Waals surface area contributed by atoms with E-state index in [0.29, 0.717) is 0 Å². The van der Waals surface area contributed by atoms with Crippen molar-refractivity contribution in [3.05, 3.63) is 96.6 Å². The molecule has 5 nitrogen and oxygen atoms in total. The molecule has 3 aromatic carbocycles. The van der Waals surface area contributed by atoms with Gasteiger partial charge in [-0.05, 0) is 42.7 Å².